The van der Waals surface area contributed by atoms with E-state index >= 15 is 0 Å². The molecule has 0 saturated heterocycles. The summed E-state index contributed by atoms with van der Waals surface area (Å²) in [6.07, 6.45) is 1.46. The number of benzene rings is 1. The van der Waals surface area contributed by atoms with Gasteiger partial charge in [0, 0.05) is 4.90 Å². The molecule has 0 heterocycles. The summed E-state index contributed by atoms with van der Waals surface area (Å²) in [7, 11) is 3.19. The standard InChI is InChI=1S/C11H16O3S/c1-7(12)8-5-9(13-2)10(14-3)6-11(8)15-4/h5-7,12H,1-4H3. The molecule has 15 heavy (non-hydrogen) atoms. The number of hydrogen-bond acceptors (Lipinski definition) is 4. The third-order valence-electron chi connectivity index (χ3n) is 2.19. The highest BCUT2D eigenvalue weighted by Crippen LogP contribution is 2.36. The quantitative estimate of drug-likeness (QED) is 0.803. The zero-order chi connectivity index (χ0) is 11.4. The van der Waals surface area contributed by atoms with Gasteiger partial charge in [0.25, 0.3) is 0 Å². The molecule has 0 bridgehead atoms. The Labute approximate surface area is 94.4 Å². The lowest BCUT2D eigenvalue weighted by molar-refractivity contribution is 0.195. The summed E-state index contributed by atoms with van der Waals surface area (Å²) in [6, 6.07) is 3.70. The van der Waals surface area contributed by atoms with Crippen LogP contribution in [0.15, 0.2) is 17.0 Å². The van der Waals surface area contributed by atoms with Crippen molar-refractivity contribution in [3.8, 4) is 11.5 Å². The first-order valence-electron chi connectivity index (χ1n) is 4.62. The van der Waals surface area contributed by atoms with E-state index in [9.17, 15) is 5.11 Å². The Morgan fingerprint density at radius 3 is 2.13 bits per heavy atom. The van der Waals surface area contributed by atoms with Crippen LogP contribution in [-0.2, 0) is 0 Å². The summed E-state index contributed by atoms with van der Waals surface area (Å²) in [5.74, 6) is 1.33. The van der Waals surface area contributed by atoms with Crippen molar-refractivity contribution in [1.29, 1.82) is 0 Å². The number of ether oxygens (including phenoxy) is 2. The van der Waals surface area contributed by atoms with Gasteiger partial charge in [-0.1, -0.05) is 0 Å². The molecule has 0 radical (unpaired) electrons. The average molecular weight is 228 g/mol. The predicted octanol–water partition coefficient (Wildman–Crippen LogP) is 2.48. The summed E-state index contributed by atoms with van der Waals surface area (Å²) in [5, 5.41) is 9.61. The first-order chi connectivity index (χ1) is 7.13. The molecule has 4 heteroatoms. The van der Waals surface area contributed by atoms with Crippen molar-refractivity contribution >= 4 is 11.8 Å². The highest BCUT2D eigenvalue weighted by molar-refractivity contribution is 7.98. The van der Waals surface area contributed by atoms with Gasteiger partial charge in [-0.05, 0) is 30.9 Å². The molecule has 1 aromatic carbocycles. The Bertz CT molecular complexity index is 337. The average Bonchev–Trinajstić information content (AvgIpc) is 2.26. The Kier molecular flexibility index (Phi) is 4.29. The zero-order valence-corrected chi connectivity index (χ0v) is 10.2. The number of rotatable bonds is 4. The van der Waals surface area contributed by atoms with Gasteiger partial charge < -0.3 is 14.6 Å². The Balaban J connectivity index is 3.27. The number of aliphatic hydroxyl groups excluding tert-OH is 1. The van der Waals surface area contributed by atoms with Gasteiger partial charge in [-0.3, -0.25) is 0 Å². The fourth-order valence-electron chi connectivity index (χ4n) is 1.38. The first kappa shape index (κ1) is 12.2. The molecule has 1 N–H and O–H groups in total. The highest BCUT2D eigenvalue weighted by atomic mass is 32.2. The molecule has 0 amide bonds. The summed E-state index contributed by atoms with van der Waals surface area (Å²) in [4.78, 5) is 1.00. The van der Waals surface area contributed by atoms with Gasteiger partial charge in [0.15, 0.2) is 11.5 Å². The molecular weight excluding hydrogens is 212 g/mol. The fraction of sp³-hybridized carbons (Fsp3) is 0.455. The van der Waals surface area contributed by atoms with E-state index in [1.54, 1.807) is 32.9 Å². The van der Waals surface area contributed by atoms with Gasteiger partial charge in [0.05, 0.1) is 20.3 Å². The lowest BCUT2D eigenvalue weighted by Gasteiger charge is -2.15. The van der Waals surface area contributed by atoms with Crippen LogP contribution in [0, 0.1) is 0 Å². The van der Waals surface area contributed by atoms with Crippen LogP contribution in [0.25, 0.3) is 0 Å². The molecule has 0 aliphatic rings. The van der Waals surface area contributed by atoms with E-state index in [0.717, 1.165) is 10.5 Å². The van der Waals surface area contributed by atoms with Crippen molar-refractivity contribution in [2.45, 2.75) is 17.9 Å². The predicted molar refractivity (Wildman–Crippen MR) is 62.0 cm³/mol. The monoisotopic (exact) mass is 228 g/mol. The SMILES string of the molecule is COc1cc(SC)c(C(C)O)cc1OC. The van der Waals surface area contributed by atoms with Gasteiger partial charge in [-0.15, -0.1) is 11.8 Å². The number of aliphatic hydroxyl groups is 1. The molecule has 1 unspecified atom stereocenters. The molecule has 1 aromatic rings. The topological polar surface area (TPSA) is 38.7 Å². The van der Waals surface area contributed by atoms with Crippen molar-refractivity contribution in [2.75, 3.05) is 20.5 Å². The van der Waals surface area contributed by atoms with Crippen molar-refractivity contribution in [1.82, 2.24) is 0 Å². The minimum Gasteiger partial charge on any atom is -0.493 e. The molecule has 1 atom stereocenters. The Hall–Kier alpha value is -0.870. The lowest BCUT2D eigenvalue weighted by Crippen LogP contribution is -1.98. The molecule has 0 spiro atoms. The summed E-state index contributed by atoms with van der Waals surface area (Å²) < 4.78 is 10.4. The van der Waals surface area contributed by atoms with Crippen LogP contribution in [0.1, 0.15) is 18.6 Å². The van der Waals surface area contributed by atoms with E-state index in [0.29, 0.717) is 11.5 Å². The Morgan fingerprint density at radius 2 is 1.73 bits per heavy atom. The highest BCUT2D eigenvalue weighted by Gasteiger charge is 2.13. The first-order valence-corrected chi connectivity index (χ1v) is 5.84. The zero-order valence-electron chi connectivity index (χ0n) is 9.40. The van der Waals surface area contributed by atoms with E-state index in [1.807, 2.05) is 18.4 Å². The molecule has 0 saturated carbocycles. The van der Waals surface area contributed by atoms with E-state index in [1.165, 1.54) is 0 Å². The molecule has 0 aliphatic heterocycles. The van der Waals surface area contributed by atoms with Crippen LogP contribution in [0.4, 0.5) is 0 Å². The van der Waals surface area contributed by atoms with Crippen molar-refractivity contribution in [3.63, 3.8) is 0 Å². The molecule has 1 rings (SSSR count). The molecule has 0 aromatic heterocycles. The largest absolute Gasteiger partial charge is 0.493 e. The Morgan fingerprint density at radius 1 is 1.20 bits per heavy atom. The lowest BCUT2D eigenvalue weighted by atomic mass is 10.1. The summed E-state index contributed by atoms with van der Waals surface area (Å²) in [6.45, 7) is 1.74. The maximum absolute atomic E-state index is 9.61. The van der Waals surface area contributed by atoms with Crippen LogP contribution < -0.4 is 9.47 Å². The van der Waals surface area contributed by atoms with Gasteiger partial charge in [-0.2, -0.15) is 0 Å². The number of hydrogen-bond donors (Lipinski definition) is 1. The van der Waals surface area contributed by atoms with Gasteiger partial charge in [-0.25, -0.2) is 0 Å². The smallest absolute Gasteiger partial charge is 0.161 e. The van der Waals surface area contributed by atoms with Crippen molar-refractivity contribution < 1.29 is 14.6 Å². The third-order valence-corrected chi connectivity index (χ3v) is 2.98. The maximum Gasteiger partial charge on any atom is 0.161 e. The number of methoxy groups -OCH3 is 2. The van der Waals surface area contributed by atoms with Crippen molar-refractivity contribution in [2.24, 2.45) is 0 Å². The van der Waals surface area contributed by atoms with E-state index in [2.05, 4.69) is 0 Å². The maximum atomic E-state index is 9.61. The summed E-state index contributed by atoms with van der Waals surface area (Å²) >= 11 is 1.58. The normalized spacial score (nSPS) is 12.3. The minimum atomic E-state index is -0.507. The molecule has 84 valence electrons. The minimum absolute atomic E-state index is 0.507. The fourth-order valence-corrected chi connectivity index (χ4v) is 2.07. The molecular formula is C11H16O3S. The van der Waals surface area contributed by atoms with Gasteiger partial charge in [0.2, 0.25) is 0 Å². The van der Waals surface area contributed by atoms with Crippen LogP contribution in [0.3, 0.4) is 0 Å². The molecule has 3 nitrogen and oxygen atoms in total. The molecule has 0 fully saturated rings. The second-order valence-electron chi connectivity index (χ2n) is 3.13. The van der Waals surface area contributed by atoms with Crippen LogP contribution in [0.2, 0.25) is 0 Å². The second kappa shape index (κ2) is 5.28. The van der Waals surface area contributed by atoms with E-state index < -0.39 is 6.10 Å². The van der Waals surface area contributed by atoms with Gasteiger partial charge in [0.1, 0.15) is 0 Å². The van der Waals surface area contributed by atoms with Crippen molar-refractivity contribution in [3.05, 3.63) is 17.7 Å². The van der Waals surface area contributed by atoms with Crippen LogP contribution in [0.5, 0.6) is 11.5 Å². The van der Waals surface area contributed by atoms with E-state index in [-0.39, 0.29) is 0 Å². The van der Waals surface area contributed by atoms with E-state index in [4.69, 9.17) is 9.47 Å². The second-order valence-corrected chi connectivity index (χ2v) is 3.97. The van der Waals surface area contributed by atoms with Crippen LogP contribution in [-0.4, -0.2) is 25.6 Å². The van der Waals surface area contributed by atoms with Gasteiger partial charge >= 0.3 is 0 Å². The summed E-state index contributed by atoms with van der Waals surface area (Å²) in [5.41, 5.74) is 0.861. The van der Waals surface area contributed by atoms with Crippen LogP contribution >= 0.6 is 11.8 Å². The third kappa shape index (κ3) is 2.58. The number of thioether (sulfide) groups is 1. The molecule has 0 aliphatic carbocycles.